The van der Waals surface area contributed by atoms with Gasteiger partial charge in [0.25, 0.3) is 11.5 Å². The zero-order valence-electron chi connectivity index (χ0n) is 9.56. The highest BCUT2D eigenvalue weighted by molar-refractivity contribution is 14.1. The summed E-state index contributed by atoms with van der Waals surface area (Å²) in [5, 5.41) is 2.70. The van der Waals surface area contributed by atoms with Gasteiger partial charge in [-0.1, -0.05) is 6.92 Å². The highest BCUT2D eigenvalue weighted by Crippen LogP contribution is 2.09. The van der Waals surface area contributed by atoms with Crippen LogP contribution in [-0.2, 0) is 6.42 Å². The summed E-state index contributed by atoms with van der Waals surface area (Å²) >= 11 is 2.12. The SMILES string of the molecule is CCc1[nH]c(=O)c(C(=O)NC(C)C)cc1I. The number of hydrogen-bond donors (Lipinski definition) is 2. The summed E-state index contributed by atoms with van der Waals surface area (Å²) in [6.45, 7) is 5.68. The molecule has 16 heavy (non-hydrogen) atoms. The Balaban J connectivity index is 3.11. The highest BCUT2D eigenvalue weighted by atomic mass is 127. The molecule has 0 aliphatic carbocycles. The number of aryl methyl sites for hydroxylation is 1. The van der Waals surface area contributed by atoms with Crippen molar-refractivity contribution in [3.63, 3.8) is 0 Å². The molecule has 0 spiro atoms. The summed E-state index contributed by atoms with van der Waals surface area (Å²) in [7, 11) is 0. The lowest BCUT2D eigenvalue weighted by Crippen LogP contribution is -2.34. The first-order valence-corrected chi connectivity index (χ1v) is 6.26. The monoisotopic (exact) mass is 334 g/mol. The van der Waals surface area contributed by atoms with Crippen molar-refractivity contribution in [2.24, 2.45) is 0 Å². The lowest BCUT2D eigenvalue weighted by Gasteiger charge is -2.09. The Bertz CT molecular complexity index is 452. The van der Waals surface area contributed by atoms with E-state index in [1.807, 2.05) is 20.8 Å². The standard InChI is InChI=1S/C11H15IN2O2/c1-4-9-8(12)5-7(11(16)14-9)10(15)13-6(2)3/h5-6H,4H2,1-3H3,(H,13,15)(H,14,16). The van der Waals surface area contributed by atoms with Gasteiger partial charge in [-0.15, -0.1) is 0 Å². The van der Waals surface area contributed by atoms with Crippen LogP contribution in [0.3, 0.4) is 0 Å². The number of aromatic nitrogens is 1. The van der Waals surface area contributed by atoms with E-state index in [9.17, 15) is 9.59 Å². The maximum atomic E-state index is 11.7. The molecular weight excluding hydrogens is 319 g/mol. The van der Waals surface area contributed by atoms with Gasteiger partial charge in [-0.2, -0.15) is 0 Å². The molecule has 0 fully saturated rings. The molecule has 0 aromatic carbocycles. The van der Waals surface area contributed by atoms with E-state index >= 15 is 0 Å². The third kappa shape index (κ3) is 3.07. The van der Waals surface area contributed by atoms with Crippen LogP contribution in [0.4, 0.5) is 0 Å². The Morgan fingerprint density at radius 1 is 1.56 bits per heavy atom. The third-order valence-electron chi connectivity index (χ3n) is 2.09. The van der Waals surface area contributed by atoms with Crippen LogP contribution in [0, 0.1) is 3.57 Å². The second kappa shape index (κ2) is 5.47. The van der Waals surface area contributed by atoms with Crippen LogP contribution < -0.4 is 10.9 Å². The van der Waals surface area contributed by atoms with Crippen molar-refractivity contribution in [1.82, 2.24) is 10.3 Å². The minimum absolute atomic E-state index is 0.0235. The molecule has 1 amide bonds. The summed E-state index contributed by atoms with van der Waals surface area (Å²) in [5.41, 5.74) is 0.720. The smallest absolute Gasteiger partial charge is 0.261 e. The quantitative estimate of drug-likeness (QED) is 0.827. The summed E-state index contributed by atoms with van der Waals surface area (Å²) < 4.78 is 0.911. The van der Waals surface area contributed by atoms with Gasteiger partial charge in [0.1, 0.15) is 5.56 Å². The van der Waals surface area contributed by atoms with E-state index in [0.717, 1.165) is 15.7 Å². The van der Waals surface area contributed by atoms with E-state index in [0.29, 0.717) is 0 Å². The van der Waals surface area contributed by atoms with Gasteiger partial charge in [0.2, 0.25) is 0 Å². The van der Waals surface area contributed by atoms with E-state index in [1.54, 1.807) is 6.07 Å². The number of hydrogen-bond acceptors (Lipinski definition) is 2. The number of nitrogens with one attached hydrogen (secondary N) is 2. The minimum atomic E-state index is -0.324. The summed E-state index contributed by atoms with van der Waals surface area (Å²) in [6, 6.07) is 1.66. The lowest BCUT2D eigenvalue weighted by atomic mass is 10.2. The molecule has 88 valence electrons. The summed E-state index contributed by atoms with van der Waals surface area (Å²) in [6.07, 6.45) is 0.750. The van der Waals surface area contributed by atoms with Gasteiger partial charge in [-0.25, -0.2) is 0 Å². The first-order chi connectivity index (χ1) is 7.45. The van der Waals surface area contributed by atoms with Gasteiger partial charge in [-0.3, -0.25) is 9.59 Å². The Morgan fingerprint density at radius 3 is 2.69 bits per heavy atom. The van der Waals surface area contributed by atoms with Crippen LogP contribution in [0.15, 0.2) is 10.9 Å². The molecular formula is C11H15IN2O2. The number of carbonyl (C=O) groups excluding carboxylic acids is 1. The molecule has 1 heterocycles. The fraction of sp³-hybridized carbons (Fsp3) is 0.455. The second-order valence-corrected chi connectivity index (χ2v) is 4.98. The molecule has 0 atom stereocenters. The lowest BCUT2D eigenvalue weighted by molar-refractivity contribution is 0.0941. The van der Waals surface area contributed by atoms with Gasteiger partial charge in [-0.05, 0) is 48.9 Å². The molecule has 0 saturated heterocycles. The number of amides is 1. The van der Waals surface area contributed by atoms with E-state index in [2.05, 4.69) is 32.9 Å². The number of pyridine rings is 1. The van der Waals surface area contributed by atoms with Crippen molar-refractivity contribution in [3.05, 3.63) is 31.2 Å². The van der Waals surface area contributed by atoms with Gasteiger partial charge >= 0.3 is 0 Å². The van der Waals surface area contributed by atoms with Gasteiger partial charge < -0.3 is 10.3 Å². The zero-order valence-corrected chi connectivity index (χ0v) is 11.7. The Labute approximate surface area is 108 Å². The number of H-pyrrole nitrogens is 1. The molecule has 1 aromatic rings. The van der Waals surface area contributed by atoms with Crippen LogP contribution in [0.1, 0.15) is 36.8 Å². The molecule has 0 unspecified atom stereocenters. The van der Waals surface area contributed by atoms with Crippen LogP contribution >= 0.6 is 22.6 Å². The number of carbonyl (C=O) groups is 1. The number of halogens is 1. The fourth-order valence-corrected chi connectivity index (χ4v) is 2.14. The van der Waals surface area contributed by atoms with Crippen molar-refractivity contribution >= 4 is 28.5 Å². The Hall–Kier alpha value is -0.850. The first kappa shape index (κ1) is 13.2. The Kier molecular flexibility index (Phi) is 4.52. The topological polar surface area (TPSA) is 62.0 Å². The molecule has 0 aliphatic heterocycles. The first-order valence-electron chi connectivity index (χ1n) is 5.18. The summed E-state index contributed by atoms with van der Waals surface area (Å²) in [4.78, 5) is 26.1. The molecule has 1 rings (SSSR count). The van der Waals surface area contributed by atoms with Crippen molar-refractivity contribution in [2.75, 3.05) is 0 Å². The predicted molar refractivity (Wildman–Crippen MR) is 71.8 cm³/mol. The molecule has 5 heteroatoms. The van der Waals surface area contributed by atoms with Gasteiger partial charge in [0.05, 0.1) is 0 Å². The van der Waals surface area contributed by atoms with Crippen LogP contribution in [0.5, 0.6) is 0 Å². The molecule has 2 N–H and O–H groups in total. The normalized spacial score (nSPS) is 10.6. The van der Waals surface area contributed by atoms with E-state index in [-0.39, 0.29) is 23.1 Å². The number of aromatic amines is 1. The highest BCUT2D eigenvalue weighted by Gasteiger charge is 2.13. The van der Waals surface area contributed by atoms with Crippen molar-refractivity contribution in [3.8, 4) is 0 Å². The average Bonchev–Trinajstić information content (AvgIpc) is 2.19. The molecule has 0 bridgehead atoms. The van der Waals surface area contributed by atoms with Crippen LogP contribution in [0.25, 0.3) is 0 Å². The largest absolute Gasteiger partial charge is 0.350 e. The minimum Gasteiger partial charge on any atom is -0.350 e. The van der Waals surface area contributed by atoms with E-state index in [1.165, 1.54) is 0 Å². The Morgan fingerprint density at radius 2 is 2.19 bits per heavy atom. The molecule has 0 radical (unpaired) electrons. The summed E-state index contributed by atoms with van der Waals surface area (Å²) in [5.74, 6) is -0.322. The molecule has 1 aromatic heterocycles. The molecule has 0 saturated carbocycles. The van der Waals surface area contributed by atoms with Crippen LogP contribution in [0.2, 0.25) is 0 Å². The predicted octanol–water partition coefficient (Wildman–Crippen LogP) is 1.68. The van der Waals surface area contributed by atoms with Crippen molar-refractivity contribution in [2.45, 2.75) is 33.2 Å². The zero-order chi connectivity index (χ0) is 12.3. The van der Waals surface area contributed by atoms with Gasteiger partial charge in [0, 0.05) is 15.3 Å². The van der Waals surface area contributed by atoms with Gasteiger partial charge in [0.15, 0.2) is 0 Å². The molecule has 0 aliphatic rings. The maximum absolute atomic E-state index is 11.7. The second-order valence-electron chi connectivity index (χ2n) is 3.82. The van der Waals surface area contributed by atoms with E-state index < -0.39 is 0 Å². The fourth-order valence-electron chi connectivity index (χ4n) is 1.31. The van der Waals surface area contributed by atoms with E-state index in [4.69, 9.17) is 0 Å². The maximum Gasteiger partial charge on any atom is 0.261 e. The van der Waals surface area contributed by atoms with Crippen molar-refractivity contribution < 1.29 is 4.79 Å². The van der Waals surface area contributed by atoms with Crippen molar-refractivity contribution in [1.29, 1.82) is 0 Å². The molecule has 4 nitrogen and oxygen atoms in total. The number of rotatable bonds is 3. The average molecular weight is 334 g/mol. The van der Waals surface area contributed by atoms with Crippen LogP contribution in [-0.4, -0.2) is 16.9 Å². The third-order valence-corrected chi connectivity index (χ3v) is 3.05.